The van der Waals surface area contributed by atoms with Crippen molar-refractivity contribution in [2.45, 2.75) is 24.3 Å². The topological polar surface area (TPSA) is 92.4 Å². The average Bonchev–Trinajstić information content (AvgIpc) is 2.28. The lowest BCUT2D eigenvalue weighted by molar-refractivity contribution is 0.252. The van der Waals surface area contributed by atoms with Gasteiger partial charge in [-0.25, -0.2) is 13.1 Å². The van der Waals surface area contributed by atoms with E-state index in [1.807, 2.05) is 6.92 Å². The number of hydrogen-bond acceptors (Lipinski definition) is 4. The first-order chi connectivity index (χ1) is 7.99. The van der Waals surface area contributed by atoms with Gasteiger partial charge in [-0.05, 0) is 32.0 Å². The Balaban J connectivity index is 2.84. The van der Waals surface area contributed by atoms with Gasteiger partial charge in [0.1, 0.15) is 0 Å². The van der Waals surface area contributed by atoms with Gasteiger partial charge < -0.3 is 10.8 Å². The van der Waals surface area contributed by atoms with E-state index in [1.165, 1.54) is 12.1 Å². The smallest absolute Gasteiger partial charge is 0.240 e. The summed E-state index contributed by atoms with van der Waals surface area (Å²) in [5.41, 5.74) is 6.33. The number of nitrogens with two attached hydrogens (primary N) is 1. The summed E-state index contributed by atoms with van der Waals surface area (Å²) in [5.74, 6) is 0. The Morgan fingerprint density at radius 1 is 1.35 bits per heavy atom. The molecule has 0 aliphatic carbocycles. The molecule has 1 atom stereocenters. The molecule has 1 aromatic rings. The normalized spacial score (nSPS) is 13.6. The van der Waals surface area contributed by atoms with Crippen LogP contribution in [0.5, 0.6) is 0 Å². The SMILES string of the molecule is Cc1ccc(S(=O)(=O)N[C@@H](CO)CCN)cc1. The third kappa shape index (κ3) is 4.08. The molecule has 0 amide bonds. The van der Waals surface area contributed by atoms with E-state index in [1.54, 1.807) is 12.1 Å². The van der Waals surface area contributed by atoms with Gasteiger partial charge in [0.2, 0.25) is 10.0 Å². The van der Waals surface area contributed by atoms with Crippen LogP contribution in [0.3, 0.4) is 0 Å². The van der Waals surface area contributed by atoms with Gasteiger partial charge in [0.15, 0.2) is 0 Å². The molecule has 1 rings (SSSR count). The Morgan fingerprint density at radius 2 is 1.94 bits per heavy atom. The third-order valence-corrected chi connectivity index (χ3v) is 3.93. The van der Waals surface area contributed by atoms with Gasteiger partial charge in [-0.15, -0.1) is 0 Å². The van der Waals surface area contributed by atoms with E-state index in [0.29, 0.717) is 13.0 Å². The van der Waals surface area contributed by atoms with Crippen molar-refractivity contribution in [3.63, 3.8) is 0 Å². The molecule has 0 aliphatic heterocycles. The molecule has 4 N–H and O–H groups in total. The van der Waals surface area contributed by atoms with Gasteiger partial charge >= 0.3 is 0 Å². The van der Waals surface area contributed by atoms with Gasteiger partial charge in [0.25, 0.3) is 0 Å². The van der Waals surface area contributed by atoms with Crippen molar-refractivity contribution >= 4 is 10.0 Å². The van der Waals surface area contributed by atoms with E-state index in [-0.39, 0.29) is 11.5 Å². The van der Waals surface area contributed by atoms with Crippen LogP contribution in [0, 0.1) is 6.92 Å². The van der Waals surface area contributed by atoms with Crippen LogP contribution in [-0.2, 0) is 10.0 Å². The van der Waals surface area contributed by atoms with Gasteiger partial charge in [-0.3, -0.25) is 0 Å². The van der Waals surface area contributed by atoms with Crippen LogP contribution in [0.2, 0.25) is 0 Å². The molecule has 0 bridgehead atoms. The fourth-order valence-electron chi connectivity index (χ4n) is 1.39. The lowest BCUT2D eigenvalue weighted by atomic mass is 10.2. The zero-order chi connectivity index (χ0) is 12.9. The predicted octanol–water partition coefficient (Wildman–Crippen LogP) is -0.0170. The first-order valence-corrected chi connectivity index (χ1v) is 6.88. The molecule has 0 unspecified atom stereocenters. The van der Waals surface area contributed by atoms with Crippen LogP contribution in [0.4, 0.5) is 0 Å². The quantitative estimate of drug-likeness (QED) is 0.669. The van der Waals surface area contributed by atoms with Crippen molar-refractivity contribution in [3.05, 3.63) is 29.8 Å². The molecular formula is C11H18N2O3S. The van der Waals surface area contributed by atoms with Crippen molar-refractivity contribution in [1.29, 1.82) is 0 Å². The second kappa shape index (κ2) is 6.11. The molecule has 0 aromatic heterocycles. The van der Waals surface area contributed by atoms with E-state index in [4.69, 9.17) is 10.8 Å². The third-order valence-electron chi connectivity index (χ3n) is 2.39. The number of aliphatic hydroxyl groups excluding tert-OH is 1. The van der Waals surface area contributed by atoms with Crippen LogP contribution in [0.1, 0.15) is 12.0 Å². The highest BCUT2D eigenvalue weighted by atomic mass is 32.2. The standard InChI is InChI=1S/C11H18N2O3S/c1-9-2-4-11(5-3-9)17(15,16)13-10(8-14)6-7-12/h2-5,10,13-14H,6-8,12H2,1H3/t10-/m1/s1. The van der Waals surface area contributed by atoms with Gasteiger partial charge in [0.05, 0.1) is 11.5 Å². The predicted molar refractivity (Wildman–Crippen MR) is 66.0 cm³/mol. The van der Waals surface area contributed by atoms with Gasteiger partial charge in [0, 0.05) is 6.04 Å². The molecule has 0 spiro atoms. The van der Waals surface area contributed by atoms with Gasteiger partial charge in [-0.1, -0.05) is 17.7 Å². The molecule has 0 fully saturated rings. The number of nitrogens with one attached hydrogen (secondary N) is 1. The number of hydrogen-bond donors (Lipinski definition) is 3. The highest BCUT2D eigenvalue weighted by Gasteiger charge is 2.18. The van der Waals surface area contributed by atoms with E-state index in [2.05, 4.69) is 4.72 Å². The molecule has 0 saturated heterocycles. The summed E-state index contributed by atoms with van der Waals surface area (Å²) in [6.45, 7) is 1.94. The summed E-state index contributed by atoms with van der Waals surface area (Å²) in [5, 5.41) is 9.03. The fraction of sp³-hybridized carbons (Fsp3) is 0.455. The number of rotatable bonds is 6. The fourth-order valence-corrected chi connectivity index (χ4v) is 2.66. The first-order valence-electron chi connectivity index (χ1n) is 5.39. The Labute approximate surface area is 102 Å². The summed E-state index contributed by atoms with van der Waals surface area (Å²) in [4.78, 5) is 0.193. The molecule has 0 heterocycles. The minimum absolute atomic E-state index is 0.193. The second-order valence-corrected chi connectivity index (χ2v) is 5.61. The lowest BCUT2D eigenvalue weighted by Crippen LogP contribution is -2.38. The van der Waals surface area contributed by atoms with Crippen LogP contribution in [0.15, 0.2) is 29.2 Å². The van der Waals surface area contributed by atoms with Crippen molar-refractivity contribution in [2.24, 2.45) is 5.73 Å². The van der Waals surface area contributed by atoms with E-state index >= 15 is 0 Å². The summed E-state index contributed by atoms with van der Waals surface area (Å²) < 4.78 is 26.3. The lowest BCUT2D eigenvalue weighted by Gasteiger charge is -2.15. The molecule has 0 aliphatic rings. The second-order valence-electron chi connectivity index (χ2n) is 3.89. The summed E-state index contributed by atoms with van der Waals surface area (Å²) in [6, 6.07) is 5.99. The Morgan fingerprint density at radius 3 is 2.41 bits per heavy atom. The Hall–Kier alpha value is -0.950. The average molecular weight is 258 g/mol. The van der Waals surface area contributed by atoms with Gasteiger partial charge in [-0.2, -0.15) is 0 Å². The maximum atomic E-state index is 11.9. The van der Waals surface area contributed by atoms with E-state index in [9.17, 15) is 8.42 Å². The Kier molecular flexibility index (Phi) is 5.07. The van der Waals surface area contributed by atoms with Crippen molar-refractivity contribution in [3.8, 4) is 0 Å². The maximum absolute atomic E-state index is 11.9. The number of aryl methyl sites for hydroxylation is 1. The minimum Gasteiger partial charge on any atom is -0.395 e. The zero-order valence-corrected chi connectivity index (χ0v) is 10.6. The molecule has 96 valence electrons. The number of aliphatic hydroxyl groups is 1. The first kappa shape index (κ1) is 14.1. The molecule has 6 heteroatoms. The largest absolute Gasteiger partial charge is 0.395 e. The van der Waals surface area contributed by atoms with Crippen molar-refractivity contribution in [1.82, 2.24) is 4.72 Å². The molecule has 0 saturated carbocycles. The number of benzene rings is 1. The number of sulfonamides is 1. The van der Waals surface area contributed by atoms with Crippen LogP contribution in [0.25, 0.3) is 0 Å². The summed E-state index contributed by atoms with van der Waals surface area (Å²) in [6.07, 6.45) is 0.404. The zero-order valence-electron chi connectivity index (χ0n) is 9.76. The highest BCUT2D eigenvalue weighted by molar-refractivity contribution is 7.89. The van der Waals surface area contributed by atoms with Crippen LogP contribution < -0.4 is 10.5 Å². The summed E-state index contributed by atoms with van der Waals surface area (Å²) in [7, 11) is -3.58. The van der Waals surface area contributed by atoms with E-state index < -0.39 is 16.1 Å². The monoisotopic (exact) mass is 258 g/mol. The highest BCUT2D eigenvalue weighted by Crippen LogP contribution is 2.10. The Bertz CT molecular complexity index is 442. The van der Waals surface area contributed by atoms with Crippen molar-refractivity contribution in [2.75, 3.05) is 13.2 Å². The molecule has 0 radical (unpaired) electrons. The molecule has 5 nitrogen and oxygen atoms in total. The minimum atomic E-state index is -3.58. The van der Waals surface area contributed by atoms with Crippen LogP contribution in [-0.4, -0.2) is 32.7 Å². The van der Waals surface area contributed by atoms with E-state index in [0.717, 1.165) is 5.56 Å². The molecular weight excluding hydrogens is 240 g/mol. The van der Waals surface area contributed by atoms with Crippen molar-refractivity contribution < 1.29 is 13.5 Å². The maximum Gasteiger partial charge on any atom is 0.240 e. The summed E-state index contributed by atoms with van der Waals surface area (Å²) >= 11 is 0. The molecule has 1 aromatic carbocycles. The van der Waals surface area contributed by atoms with Crippen LogP contribution >= 0.6 is 0 Å². The molecule has 17 heavy (non-hydrogen) atoms.